The third-order valence-corrected chi connectivity index (χ3v) is 9.44. The lowest BCUT2D eigenvalue weighted by molar-refractivity contribution is -0.291. The summed E-state index contributed by atoms with van der Waals surface area (Å²) < 4.78 is 43.5. The van der Waals surface area contributed by atoms with E-state index in [1.165, 1.54) is 48.6 Å². The van der Waals surface area contributed by atoms with Crippen LogP contribution in [0.2, 0.25) is 0 Å². The van der Waals surface area contributed by atoms with Gasteiger partial charge in [0, 0.05) is 51.4 Å². The molecule has 16 heteroatoms. The summed E-state index contributed by atoms with van der Waals surface area (Å²) in [5, 5.41) is 20.4. The number of hydrogen-bond acceptors (Lipinski definition) is 16. The first-order chi connectivity index (χ1) is 25.7. The van der Waals surface area contributed by atoms with Crippen molar-refractivity contribution in [1.82, 2.24) is 0 Å². The lowest BCUT2D eigenvalue weighted by atomic mass is 9.87. The molecule has 2 N–H and O–H groups in total. The standard InChI is InChI=1S/C38H40O16/c1-5-35(6-2)47-27(39)23(28(40)48-35)15-11-9-13-17-25-31(43)51-37(52-32(25)44)19-21-38(22-20-37)53-33(45)26(34(46)54-38)18-14-10-12-16-24-29(41)49-36(7-3,8-4)50-30(24)42/h9-18,39,41H,5-8,19-22H2,1-4H3/b13-9+,14-10+,15-11+,16-12+,25-17?,26-18?. The highest BCUT2D eigenvalue weighted by molar-refractivity contribution is 6.16. The molecule has 0 amide bonds. The van der Waals surface area contributed by atoms with E-state index in [2.05, 4.69) is 0 Å². The fraction of sp³-hybridized carbons (Fsp3) is 0.421. The van der Waals surface area contributed by atoms with E-state index >= 15 is 0 Å². The van der Waals surface area contributed by atoms with Gasteiger partial charge in [0.2, 0.25) is 0 Å². The predicted octanol–water partition coefficient (Wildman–Crippen LogP) is 4.95. The molecule has 1 aliphatic carbocycles. The van der Waals surface area contributed by atoms with E-state index in [0.717, 1.165) is 12.2 Å². The van der Waals surface area contributed by atoms with Crippen LogP contribution in [0.5, 0.6) is 0 Å². The molecule has 0 bridgehead atoms. The summed E-state index contributed by atoms with van der Waals surface area (Å²) in [4.78, 5) is 76.1. The number of carbonyl (C=O) groups excluding carboxylic acids is 6. The third kappa shape index (κ3) is 7.96. The highest BCUT2D eigenvalue weighted by Gasteiger charge is 2.57. The second kappa shape index (κ2) is 15.5. The molecule has 54 heavy (non-hydrogen) atoms. The maximum absolute atomic E-state index is 12.8. The minimum absolute atomic E-state index is 0.138. The Morgan fingerprint density at radius 3 is 1.04 bits per heavy atom. The summed E-state index contributed by atoms with van der Waals surface area (Å²) in [6, 6.07) is 0. The number of rotatable bonds is 10. The van der Waals surface area contributed by atoms with Gasteiger partial charge in [-0.1, -0.05) is 64.2 Å². The first-order valence-electron chi connectivity index (χ1n) is 17.4. The van der Waals surface area contributed by atoms with Gasteiger partial charge in [0.15, 0.2) is 0 Å². The zero-order chi connectivity index (χ0) is 39.3. The fourth-order valence-electron chi connectivity index (χ4n) is 6.01. The van der Waals surface area contributed by atoms with Crippen molar-refractivity contribution in [3.8, 4) is 0 Å². The van der Waals surface area contributed by atoms with Crippen molar-refractivity contribution in [2.24, 2.45) is 0 Å². The molecule has 16 nitrogen and oxygen atoms in total. The number of aliphatic hydroxyl groups excluding tert-OH is 2. The summed E-state index contributed by atoms with van der Waals surface area (Å²) in [5.41, 5.74) is -1.24. The Morgan fingerprint density at radius 2 is 0.759 bits per heavy atom. The Morgan fingerprint density at radius 1 is 0.444 bits per heavy atom. The maximum atomic E-state index is 12.8. The number of carbonyl (C=O) groups is 6. The Bertz CT molecular complexity index is 1670. The van der Waals surface area contributed by atoms with Crippen molar-refractivity contribution in [3.63, 3.8) is 0 Å². The highest BCUT2D eigenvalue weighted by Crippen LogP contribution is 2.45. The van der Waals surface area contributed by atoms with E-state index in [4.69, 9.17) is 37.9 Å². The first kappa shape index (κ1) is 39.2. The van der Waals surface area contributed by atoms with Crippen LogP contribution >= 0.6 is 0 Å². The smallest absolute Gasteiger partial charge is 0.348 e. The van der Waals surface area contributed by atoms with E-state index in [-0.39, 0.29) is 36.8 Å². The van der Waals surface area contributed by atoms with E-state index in [0.29, 0.717) is 25.7 Å². The fourth-order valence-corrected chi connectivity index (χ4v) is 6.01. The zero-order valence-electron chi connectivity index (χ0n) is 30.0. The largest absolute Gasteiger partial charge is 0.480 e. The first-order valence-corrected chi connectivity index (χ1v) is 17.4. The summed E-state index contributed by atoms with van der Waals surface area (Å²) in [7, 11) is 0. The predicted molar refractivity (Wildman–Crippen MR) is 181 cm³/mol. The molecule has 1 saturated carbocycles. The van der Waals surface area contributed by atoms with Gasteiger partial charge in [0.05, 0.1) is 0 Å². The Balaban J connectivity index is 1.14. The maximum Gasteiger partial charge on any atom is 0.348 e. The van der Waals surface area contributed by atoms with Crippen LogP contribution in [-0.4, -0.2) is 69.2 Å². The van der Waals surface area contributed by atoms with Gasteiger partial charge in [-0.3, -0.25) is 0 Å². The Hall–Kier alpha value is -6.06. The van der Waals surface area contributed by atoms with Crippen molar-refractivity contribution in [3.05, 3.63) is 94.9 Å². The van der Waals surface area contributed by atoms with Crippen LogP contribution in [0, 0.1) is 0 Å². The van der Waals surface area contributed by atoms with E-state index in [1.807, 2.05) is 0 Å². The molecule has 2 saturated heterocycles. The van der Waals surface area contributed by atoms with Crippen LogP contribution in [0.1, 0.15) is 79.1 Å². The van der Waals surface area contributed by atoms with Crippen LogP contribution in [0.3, 0.4) is 0 Å². The number of aliphatic hydroxyl groups is 2. The molecule has 0 atom stereocenters. The quantitative estimate of drug-likeness (QED) is 0.0992. The molecule has 4 heterocycles. The van der Waals surface area contributed by atoms with Gasteiger partial charge in [-0.2, -0.15) is 0 Å². The third-order valence-electron chi connectivity index (χ3n) is 9.44. The van der Waals surface area contributed by atoms with Gasteiger partial charge in [-0.05, 0) is 24.3 Å². The Kier molecular flexibility index (Phi) is 11.2. The SMILES string of the molecule is CCC1(CC)OC(=O)C(/C=C/C=C/C=C2C(=O)OC3(CCC4(CC3)OC(=O)C(=C/C=C/C=C/C3=C(O)OC(CC)(CC)OC3=O)C(=O)O4)OC2=O)=C(O)O1. The molecule has 0 aromatic carbocycles. The molecule has 0 unspecified atom stereocenters. The number of cyclic esters (lactones) is 2. The van der Waals surface area contributed by atoms with E-state index in [1.54, 1.807) is 27.7 Å². The van der Waals surface area contributed by atoms with Crippen LogP contribution in [0.15, 0.2) is 94.9 Å². The average molecular weight is 753 g/mol. The van der Waals surface area contributed by atoms with Crippen LogP contribution < -0.4 is 0 Å². The molecular weight excluding hydrogens is 712 g/mol. The lowest BCUT2D eigenvalue weighted by Crippen LogP contribution is -2.56. The Labute approximate surface area is 309 Å². The van der Waals surface area contributed by atoms with Gasteiger partial charge in [-0.15, -0.1) is 0 Å². The number of esters is 6. The molecule has 2 spiro atoms. The van der Waals surface area contributed by atoms with Crippen LogP contribution in [0.25, 0.3) is 0 Å². The number of ether oxygens (including phenoxy) is 8. The van der Waals surface area contributed by atoms with Gasteiger partial charge in [-0.25, -0.2) is 28.8 Å². The topological polar surface area (TPSA) is 217 Å². The summed E-state index contributed by atoms with van der Waals surface area (Å²) in [5.74, 6) is -12.4. The molecule has 4 aliphatic heterocycles. The molecule has 0 radical (unpaired) electrons. The van der Waals surface area contributed by atoms with Crippen molar-refractivity contribution >= 4 is 35.8 Å². The van der Waals surface area contributed by atoms with Gasteiger partial charge in [0.1, 0.15) is 22.3 Å². The summed E-state index contributed by atoms with van der Waals surface area (Å²) in [6.07, 6.45) is 13.7. The van der Waals surface area contributed by atoms with Crippen molar-refractivity contribution in [1.29, 1.82) is 0 Å². The van der Waals surface area contributed by atoms with Crippen molar-refractivity contribution in [2.45, 2.75) is 102 Å². The van der Waals surface area contributed by atoms with Crippen molar-refractivity contribution < 1.29 is 76.9 Å². The monoisotopic (exact) mass is 752 g/mol. The molecule has 5 aliphatic rings. The summed E-state index contributed by atoms with van der Waals surface area (Å²) in [6.45, 7) is 7.01. The molecule has 3 fully saturated rings. The molecule has 0 aromatic heterocycles. The van der Waals surface area contributed by atoms with E-state index < -0.39 is 82.0 Å². The second-order valence-electron chi connectivity index (χ2n) is 12.7. The van der Waals surface area contributed by atoms with Crippen LogP contribution in [-0.2, 0) is 66.7 Å². The minimum Gasteiger partial charge on any atom is -0.480 e. The molecule has 5 rings (SSSR count). The van der Waals surface area contributed by atoms with E-state index in [9.17, 15) is 39.0 Å². The molecule has 288 valence electrons. The average Bonchev–Trinajstić information content (AvgIpc) is 3.13. The van der Waals surface area contributed by atoms with Gasteiger partial charge >= 0.3 is 35.8 Å². The lowest BCUT2D eigenvalue weighted by Gasteiger charge is -2.45. The minimum atomic E-state index is -1.67. The number of allylic oxidation sites excluding steroid dienone is 8. The zero-order valence-corrected chi connectivity index (χ0v) is 30.0. The molecular formula is C38H40O16. The number of hydrogen-bond donors (Lipinski definition) is 2. The van der Waals surface area contributed by atoms with Crippen LogP contribution in [0.4, 0.5) is 0 Å². The molecule has 0 aromatic rings. The van der Waals surface area contributed by atoms with Gasteiger partial charge < -0.3 is 48.1 Å². The van der Waals surface area contributed by atoms with Gasteiger partial charge in [0.25, 0.3) is 35.0 Å². The van der Waals surface area contributed by atoms with Crippen molar-refractivity contribution in [2.75, 3.05) is 0 Å². The normalized spacial score (nSPS) is 26.9. The highest BCUT2D eigenvalue weighted by atomic mass is 16.8. The second-order valence-corrected chi connectivity index (χ2v) is 12.7. The summed E-state index contributed by atoms with van der Waals surface area (Å²) >= 11 is 0.